The van der Waals surface area contributed by atoms with Gasteiger partial charge in [-0.3, -0.25) is 4.79 Å². The predicted molar refractivity (Wildman–Crippen MR) is 153 cm³/mol. The highest BCUT2D eigenvalue weighted by molar-refractivity contribution is 6.05. The van der Waals surface area contributed by atoms with E-state index in [1.165, 1.54) is 6.33 Å². The standard InChI is InChI=1S/C28H33N9O/c1-19-9-10-20(27(38)32-21-7-5-8-22(16-21)35(2)3)15-23(19)33-26-25-24(30-18-31-26)17-29-28(34-25)37-12-6-11-36(4)13-14-37/h5,7-10,15-18H,6,11-14H2,1-4H3,(H,32,38)(H,30,31,33). The molecule has 0 spiro atoms. The molecule has 1 amide bonds. The summed E-state index contributed by atoms with van der Waals surface area (Å²) < 4.78 is 0. The Morgan fingerprint density at radius 1 is 1.00 bits per heavy atom. The minimum atomic E-state index is -0.188. The second-order valence-electron chi connectivity index (χ2n) is 9.82. The van der Waals surface area contributed by atoms with Crippen LogP contribution in [0.5, 0.6) is 0 Å². The van der Waals surface area contributed by atoms with Gasteiger partial charge in [0, 0.05) is 56.4 Å². The number of nitrogens with one attached hydrogen (secondary N) is 2. The summed E-state index contributed by atoms with van der Waals surface area (Å²) in [6, 6.07) is 13.3. The van der Waals surface area contributed by atoms with E-state index in [0.29, 0.717) is 28.4 Å². The van der Waals surface area contributed by atoms with Crippen LogP contribution < -0.4 is 20.4 Å². The average molecular weight is 512 g/mol. The monoisotopic (exact) mass is 511 g/mol. The first kappa shape index (κ1) is 25.3. The fraction of sp³-hybridized carbons (Fsp3) is 0.321. The van der Waals surface area contributed by atoms with Crippen LogP contribution in [-0.4, -0.2) is 78.1 Å². The maximum absolute atomic E-state index is 13.1. The van der Waals surface area contributed by atoms with E-state index >= 15 is 0 Å². The molecule has 38 heavy (non-hydrogen) atoms. The predicted octanol–water partition coefficient (Wildman–Crippen LogP) is 3.93. The lowest BCUT2D eigenvalue weighted by Crippen LogP contribution is -2.30. The summed E-state index contributed by atoms with van der Waals surface area (Å²) in [5.41, 5.74) is 5.34. The molecular formula is C28H33N9O. The average Bonchev–Trinajstić information content (AvgIpc) is 3.14. The molecule has 2 aromatic heterocycles. The van der Waals surface area contributed by atoms with Crippen molar-refractivity contribution < 1.29 is 4.79 Å². The maximum atomic E-state index is 13.1. The minimum absolute atomic E-state index is 0.188. The lowest BCUT2D eigenvalue weighted by molar-refractivity contribution is 0.102. The lowest BCUT2D eigenvalue weighted by Gasteiger charge is -2.20. The summed E-state index contributed by atoms with van der Waals surface area (Å²) in [7, 11) is 6.07. The molecule has 2 N–H and O–H groups in total. The Kier molecular flexibility index (Phi) is 7.32. The summed E-state index contributed by atoms with van der Waals surface area (Å²) in [5, 5.41) is 6.39. The van der Waals surface area contributed by atoms with Gasteiger partial charge in [0.1, 0.15) is 17.4 Å². The van der Waals surface area contributed by atoms with Gasteiger partial charge in [-0.15, -0.1) is 0 Å². The first-order chi connectivity index (χ1) is 18.4. The van der Waals surface area contributed by atoms with Crippen molar-refractivity contribution in [2.24, 2.45) is 0 Å². The third-order valence-corrected chi connectivity index (χ3v) is 6.74. The molecule has 0 bridgehead atoms. The third kappa shape index (κ3) is 5.65. The molecule has 4 aromatic rings. The van der Waals surface area contributed by atoms with Crippen molar-refractivity contribution in [2.45, 2.75) is 13.3 Å². The molecule has 0 unspecified atom stereocenters. The van der Waals surface area contributed by atoms with Gasteiger partial charge in [-0.05, 0) is 62.8 Å². The zero-order chi connectivity index (χ0) is 26.6. The van der Waals surface area contributed by atoms with Crippen LogP contribution >= 0.6 is 0 Å². The largest absolute Gasteiger partial charge is 0.378 e. The van der Waals surface area contributed by atoms with E-state index in [9.17, 15) is 4.79 Å². The summed E-state index contributed by atoms with van der Waals surface area (Å²) in [5.74, 6) is 1.06. The van der Waals surface area contributed by atoms with Gasteiger partial charge in [-0.1, -0.05) is 12.1 Å². The quantitative estimate of drug-likeness (QED) is 0.399. The highest BCUT2D eigenvalue weighted by Gasteiger charge is 2.17. The van der Waals surface area contributed by atoms with E-state index in [0.717, 1.165) is 55.2 Å². The maximum Gasteiger partial charge on any atom is 0.255 e. The van der Waals surface area contributed by atoms with Crippen molar-refractivity contribution in [2.75, 3.05) is 67.8 Å². The van der Waals surface area contributed by atoms with Crippen LogP contribution in [0.3, 0.4) is 0 Å². The van der Waals surface area contributed by atoms with Gasteiger partial charge < -0.3 is 25.3 Å². The van der Waals surface area contributed by atoms with E-state index in [2.05, 4.69) is 42.4 Å². The van der Waals surface area contributed by atoms with E-state index in [-0.39, 0.29) is 5.91 Å². The SMILES string of the molecule is Cc1ccc(C(=O)Nc2cccc(N(C)C)c2)cc1Nc1ncnc2cnc(N3CCCN(C)CC3)nc12. The van der Waals surface area contributed by atoms with Crippen LogP contribution in [-0.2, 0) is 0 Å². The zero-order valence-corrected chi connectivity index (χ0v) is 22.3. The van der Waals surface area contributed by atoms with Crippen molar-refractivity contribution in [3.63, 3.8) is 0 Å². The Labute approximate surface area is 222 Å². The molecule has 196 valence electrons. The van der Waals surface area contributed by atoms with Crippen molar-refractivity contribution in [1.29, 1.82) is 0 Å². The van der Waals surface area contributed by atoms with Gasteiger partial charge in [-0.25, -0.2) is 19.9 Å². The number of amides is 1. The van der Waals surface area contributed by atoms with Gasteiger partial charge in [-0.2, -0.15) is 0 Å². The van der Waals surface area contributed by atoms with Crippen molar-refractivity contribution >= 4 is 45.8 Å². The molecule has 2 aromatic carbocycles. The molecule has 1 aliphatic rings. The molecule has 0 aliphatic carbocycles. The Hall–Kier alpha value is -4.31. The third-order valence-electron chi connectivity index (χ3n) is 6.74. The van der Waals surface area contributed by atoms with Gasteiger partial charge >= 0.3 is 0 Å². The van der Waals surface area contributed by atoms with Crippen LogP contribution in [0, 0.1) is 6.92 Å². The van der Waals surface area contributed by atoms with Gasteiger partial charge in [0.2, 0.25) is 5.95 Å². The van der Waals surface area contributed by atoms with Gasteiger partial charge in [0.15, 0.2) is 5.82 Å². The smallest absolute Gasteiger partial charge is 0.255 e. The first-order valence-electron chi connectivity index (χ1n) is 12.7. The van der Waals surface area contributed by atoms with Crippen molar-refractivity contribution in [3.8, 4) is 0 Å². The molecule has 10 heteroatoms. The summed E-state index contributed by atoms with van der Waals surface area (Å²) in [6.45, 7) is 5.78. The van der Waals surface area contributed by atoms with Crippen LogP contribution in [0.1, 0.15) is 22.3 Å². The molecule has 3 heterocycles. The molecule has 1 fully saturated rings. The van der Waals surface area contributed by atoms with E-state index in [1.54, 1.807) is 6.20 Å². The van der Waals surface area contributed by atoms with E-state index in [4.69, 9.17) is 4.98 Å². The fourth-order valence-corrected chi connectivity index (χ4v) is 4.43. The number of carbonyl (C=O) groups excluding carboxylic acids is 1. The summed E-state index contributed by atoms with van der Waals surface area (Å²) >= 11 is 0. The van der Waals surface area contributed by atoms with Crippen LogP contribution in [0.15, 0.2) is 55.0 Å². The number of hydrogen-bond acceptors (Lipinski definition) is 9. The van der Waals surface area contributed by atoms with E-state index in [1.807, 2.05) is 68.4 Å². The van der Waals surface area contributed by atoms with Crippen LogP contribution in [0.4, 0.5) is 28.8 Å². The number of rotatable bonds is 6. The normalized spacial score (nSPS) is 14.3. The molecule has 0 radical (unpaired) electrons. The van der Waals surface area contributed by atoms with Crippen molar-refractivity contribution in [3.05, 3.63) is 66.1 Å². The number of aromatic nitrogens is 4. The minimum Gasteiger partial charge on any atom is -0.378 e. The van der Waals surface area contributed by atoms with Gasteiger partial charge in [0.05, 0.1) is 6.20 Å². The number of likely N-dealkylation sites (N-methyl/N-ethyl adjacent to an activating group) is 1. The highest BCUT2D eigenvalue weighted by Crippen LogP contribution is 2.26. The second-order valence-corrected chi connectivity index (χ2v) is 9.82. The molecule has 1 saturated heterocycles. The molecule has 1 aliphatic heterocycles. The number of fused-ring (bicyclic) bond motifs is 1. The number of nitrogens with zero attached hydrogens (tertiary/aromatic N) is 7. The van der Waals surface area contributed by atoms with Gasteiger partial charge in [0.25, 0.3) is 5.91 Å². The number of aryl methyl sites for hydroxylation is 1. The summed E-state index contributed by atoms with van der Waals surface area (Å²) in [4.78, 5) is 37.9. The zero-order valence-electron chi connectivity index (χ0n) is 22.3. The Bertz CT molecular complexity index is 1460. The first-order valence-corrected chi connectivity index (χ1v) is 12.7. The highest BCUT2D eigenvalue weighted by atomic mass is 16.1. The molecule has 5 rings (SSSR count). The number of carbonyl (C=O) groups is 1. The van der Waals surface area contributed by atoms with Crippen molar-refractivity contribution in [1.82, 2.24) is 24.8 Å². The number of benzene rings is 2. The van der Waals surface area contributed by atoms with E-state index < -0.39 is 0 Å². The fourth-order valence-electron chi connectivity index (χ4n) is 4.43. The molecule has 0 saturated carbocycles. The molecule has 0 atom stereocenters. The Morgan fingerprint density at radius 2 is 1.87 bits per heavy atom. The molecular weight excluding hydrogens is 478 g/mol. The number of hydrogen-bond donors (Lipinski definition) is 2. The molecule has 10 nitrogen and oxygen atoms in total. The Morgan fingerprint density at radius 3 is 2.71 bits per heavy atom. The number of anilines is 5. The second kappa shape index (κ2) is 11.0. The Balaban J connectivity index is 1.40. The van der Waals surface area contributed by atoms with Crippen LogP contribution in [0.25, 0.3) is 11.0 Å². The van der Waals surface area contributed by atoms with Crippen LogP contribution in [0.2, 0.25) is 0 Å². The summed E-state index contributed by atoms with van der Waals surface area (Å²) in [6.07, 6.45) is 4.30. The topological polar surface area (TPSA) is 102 Å². The lowest BCUT2D eigenvalue weighted by atomic mass is 10.1.